The van der Waals surface area contributed by atoms with E-state index in [0.29, 0.717) is 12.1 Å². The van der Waals surface area contributed by atoms with Crippen molar-refractivity contribution in [2.45, 2.75) is 30.8 Å². The fourth-order valence-electron chi connectivity index (χ4n) is 3.34. The van der Waals surface area contributed by atoms with Crippen LogP contribution in [0, 0.1) is 0 Å². The van der Waals surface area contributed by atoms with Gasteiger partial charge in [0.15, 0.2) is 5.16 Å². The molecular weight excluding hydrogens is 387 g/mol. The molecule has 9 heteroatoms. The smallest absolute Gasteiger partial charge is 0.294 e. The van der Waals surface area contributed by atoms with E-state index in [4.69, 9.17) is 0 Å². The first kappa shape index (κ1) is 18.9. The number of fused-ring (bicyclic) bond motifs is 1. The number of hydrogen-bond donors (Lipinski definition) is 1. The SMILES string of the molecule is CSc1ncc2c(n1)CCN(Cc1cn[nH]c1-c1ccc(C(F)(F)F)cc1)C2. The molecule has 5 nitrogen and oxygen atoms in total. The number of nitrogens with zero attached hydrogens (tertiary/aromatic N) is 4. The van der Waals surface area contributed by atoms with Crippen molar-refractivity contribution in [2.75, 3.05) is 12.8 Å². The summed E-state index contributed by atoms with van der Waals surface area (Å²) in [6.45, 7) is 2.24. The molecule has 0 amide bonds. The van der Waals surface area contributed by atoms with Crippen LogP contribution in [-0.4, -0.2) is 37.9 Å². The maximum absolute atomic E-state index is 12.8. The zero-order valence-electron chi connectivity index (χ0n) is 15.1. The third kappa shape index (κ3) is 3.90. The van der Waals surface area contributed by atoms with Crippen molar-refractivity contribution < 1.29 is 13.2 Å². The lowest BCUT2D eigenvalue weighted by Gasteiger charge is -2.27. The van der Waals surface area contributed by atoms with E-state index in [1.54, 1.807) is 6.20 Å². The molecule has 1 N–H and O–H groups in total. The van der Waals surface area contributed by atoms with Crippen LogP contribution in [0.25, 0.3) is 11.3 Å². The number of aromatic amines is 1. The Morgan fingerprint density at radius 1 is 1.18 bits per heavy atom. The normalized spacial score (nSPS) is 14.9. The van der Waals surface area contributed by atoms with Gasteiger partial charge in [-0.2, -0.15) is 18.3 Å². The fourth-order valence-corrected chi connectivity index (χ4v) is 3.70. The lowest BCUT2D eigenvalue weighted by molar-refractivity contribution is -0.137. The molecule has 0 fully saturated rings. The Bertz CT molecular complexity index is 968. The van der Waals surface area contributed by atoms with Crippen molar-refractivity contribution in [1.29, 1.82) is 0 Å². The van der Waals surface area contributed by atoms with Crippen LogP contribution >= 0.6 is 11.8 Å². The highest BCUT2D eigenvalue weighted by molar-refractivity contribution is 7.98. The van der Waals surface area contributed by atoms with Gasteiger partial charge in [0.1, 0.15) is 0 Å². The van der Waals surface area contributed by atoms with Gasteiger partial charge in [0, 0.05) is 43.4 Å². The zero-order chi connectivity index (χ0) is 19.7. The molecule has 146 valence electrons. The van der Waals surface area contributed by atoms with E-state index >= 15 is 0 Å². The highest BCUT2D eigenvalue weighted by atomic mass is 32.2. The van der Waals surface area contributed by atoms with Crippen LogP contribution in [0.1, 0.15) is 22.4 Å². The van der Waals surface area contributed by atoms with Crippen molar-refractivity contribution >= 4 is 11.8 Å². The minimum Gasteiger partial charge on any atom is -0.294 e. The number of H-pyrrole nitrogens is 1. The van der Waals surface area contributed by atoms with Crippen LogP contribution in [0.15, 0.2) is 41.8 Å². The quantitative estimate of drug-likeness (QED) is 0.522. The number of benzene rings is 1. The van der Waals surface area contributed by atoms with Gasteiger partial charge in [0.2, 0.25) is 0 Å². The number of halogens is 3. The Morgan fingerprint density at radius 3 is 2.68 bits per heavy atom. The molecule has 0 radical (unpaired) electrons. The van der Waals surface area contributed by atoms with Crippen molar-refractivity contribution in [3.05, 3.63) is 59.0 Å². The van der Waals surface area contributed by atoms with Gasteiger partial charge in [-0.15, -0.1) is 0 Å². The van der Waals surface area contributed by atoms with E-state index in [1.165, 1.54) is 23.9 Å². The number of hydrogen-bond acceptors (Lipinski definition) is 5. The molecule has 3 aromatic rings. The minimum absolute atomic E-state index is 0.649. The topological polar surface area (TPSA) is 57.7 Å². The number of rotatable bonds is 4. The standard InChI is InChI=1S/C19H18F3N5S/c1-28-18-23-8-13-10-27(7-6-16(13)25-18)11-14-9-24-26-17(14)12-2-4-15(5-3-12)19(20,21)22/h2-5,8-9H,6-7,10-11H2,1H3,(H,24,26). The molecule has 0 bridgehead atoms. The Balaban J connectivity index is 1.51. The number of aromatic nitrogens is 4. The molecule has 4 rings (SSSR count). The van der Waals surface area contributed by atoms with Gasteiger partial charge < -0.3 is 0 Å². The summed E-state index contributed by atoms with van der Waals surface area (Å²) >= 11 is 1.53. The van der Waals surface area contributed by atoms with Gasteiger partial charge in [-0.3, -0.25) is 10.00 Å². The van der Waals surface area contributed by atoms with Crippen LogP contribution < -0.4 is 0 Å². The summed E-state index contributed by atoms with van der Waals surface area (Å²) in [5.41, 5.74) is 3.92. The lowest BCUT2D eigenvalue weighted by atomic mass is 10.0. The van der Waals surface area contributed by atoms with Crippen LogP contribution in [-0.2, 0) is 25.7 Å². The summed E-state index contributed by atoms with van der Waals surface area (Å²) in [6.07, 6.45) is 2.08. The van der Waals surface area contributed by atoms with E-state index in [1.807, 2.05) is 12.5 Å². The van der Waals surface area contributed by atoms with Gasteiger partial charge in [0.25, 0.3) is 0 Å². The Kier molecular flexibility index (Phi) is 5.11. The van der Waals surface area contributed by atoms with Gasteiger partial charge in [-0.25, -0.2) is 9.97 Å². The minimum atomic E-state index is -4.34. The molecule has 3 heterocycles. The Labute approximate surface area is 164 Å². The first-order chi connectivity index (χ1) is 13.4. The summed E-state index contributed by atoms with van der Waals surface area (Å²) in [5.74, 6) is 0. The average Bonchev–Trinajstić information content (AvgIpc) is 3.15. The van der Waals surface area contributed by atoms with Crippen LogP contribution in [0.4, 0.5) is 13.2 Å². The molecule has 1 aromatic carbocycles. The summed E-state index contributed by atoms with van der Waals surface area (Å²) in [4.78, 5) is 11.2. The maximum atomic E-state index is 12.8. The molecule has 0 atom stereocenters. The van der Waals surface area contributed by atoms with E-state index in [2.05, 4.69) is 25.1 Å². The van der Waals surface area contributed by atoms with E-state index < -0.39 is 11.7 Å². The van der Waals surface area contributed by atoms with Gasteiger partial charge in [-0.05, 0) is 24.0 Å². The van der Waals surface area contributed by atoms with Crippen molar-refractivity contribution in [2.24, 2.45) is 0 Å². The predicted octanol–water partition coefficient (Wildman–Crippen LogP) is 4.17. The summed E-state index contributed by atoms with van der Waals surface area (Å²) < 4.78 is 38.3. The summed E-state index contributed by atoms with van der Waals surface area (Å²) in [7, 11) is 0. The second-order valence-corrected chi connectivity index (χ2v) is 7.41. The number of thioether (sulfide) groups is 1. The van der Waals surface area contributed by atoms with E-state index in [0.717, 1.165) is 59.3 Å². The van der Waals surface area contributed by atoms with Crippen LogP contribution in [0.3, 0.4) is 0 Å². The largest absolute Gasteiger partial charge is 0.416 e. The van der Waals surface area contributed by atoms with Gasteiger partial charge in [0.05, 0.1) is 23.1 Å². The predicted molar refractivity (Wildman–Crippen MR) is 101 cm³/mol. The third-order valence-corrected chi connectivity index (χ3v) is 5.35. The van der Waals surface area contributed by atoms with Gasteiger partial charge in [-0.1, -0.05) is 23.9 Å². The van der Waals surface area contributed by atoms with Crippen molar-refractivity contribution in [3.63, 3.8) is 0 Å². The number of alkyl halides is 3. The molecular formula is C19H18F3N5S. The molecule has 0 spiro atoms. The van der Waals surface area contributed by atoms with Crippen LogP contribution in [0.5, 0.6) is 0 Å². The second-order valence-electron chi connectivity index (χ2n) is 6.63. The highest BCUT2D eigenvalue weighted by Crippen LogP contribution is 2.31. The monoisotopic (exact) mass is 405 g/mol. The first-order valence-corrected chi connectivity index (χ1v) is 9.97. The zero-order valence-corrected chi connectivity index (χ0v) is 15.9. The van der Waals surface area contributed by atoms with E-state index in [9.17, 15) is 13.2 Å². The fraction of sp³-hybridized carbons (Fsp3) is 0.316. The first-order valence-electron chi connectivity index (χ1n) is 8.75. The Morgan fingerprint density at radius 2 is 1.96 bits per heavy atom. The van der Waals surface area contributed by atoms with E-state index in [-0.39, 0.29) is 0 Å². The summed E-state index contributed by atoms with van der Waals surface area (Å²) in [5, 5.41) is 7.80. The van der Waals surface area contributed by atoms with Gasteiger partial charge >= 0.3 is 6.18 Å². The van der Waals surface area contributed by atoms with Crippen molar-refractivity contribution in [3.8, 4) is 11.3 Å². The highest BCUT2D eigenvalue weighted by Gasteiger charge is 2.30. The Hall–Kier alpha value is -2.39. The van der Waals surface area contributed by atoms with Crippen LogP contribution in [0.2, 0.25) is 0 Å². The maximum Gasteiger partial charge on any atom is 0.416 e. The molecule has 1 aliphatic rings. The molecule has 28 heavy (non-hydrogen) atoms. The third-order valence-electron chi connectivity index (χ3n) is 4.79. The average molecular weight is 405 g/mol. The molecule has 1 aliphatic heterocycles. The molecule has 0 saturated heterocycles. The molecule has 0 saturated carbocycles. The number of nitrogens with one attached hydrogen (secondary N) is 1. The lowest BCUT2D eigenvalue weighted by Crippen LogP contribution is -2.31. The molecule has 0 aliphatic carbocycles. The second kappa shape index (κ2) is 7.56. The summed E-state index contributed by atoms with van der Waals surface area (Å²) in [6, 6.07) is 5.14. The molecule has 2 aromatic heterocycles. The molecule has 0 unspecified atom stereocenters. The van der Waals surface area contributed by atoms with Crippen molar-refractivity contribution in [1.82, 2.24) is 25.1 Å².